The van der Waals surface area contributed by atoms with Gasteiger partial charge in [0.2, 0.25) is 0 Å². The molecule has 0 bridgehead atoms. The number of hydrogen-bond donors (Lipinski definition) is 1. The molecule has 4 atom stereocenters. The lowest BCUT2D eigenvalue weighted by molar-refractivity contribution is 0.189. The fourth-order valence-corrected chi connectivity index (χ4v) is 5.44. The van der Waals surface area contributed by atoms with Gasteiger partial charge >= 0.3 is 0 Å². The number of fused-ring (bicyclic) bond motifs is 2. The molecule has 1 aliphatic heterocycles. The van der Waals surface area contributed by atoms with Gasteiger partial charge in [-0.15, -0.1) is 0 Å². The van der Waals surface area contributed by atoms with Crippen LogP contribution in [0.5, 0.6) is 5.75 Å². The van der Waals surface area contributed by atoms with E-state index in [0.717, 1.165) is 25.9 Å². The molecule has 182 valence electrons. The second-order valence-corrected chi connectivity index (χ2v) is 10.3. The summed E-state index contributed by atoms with van der Waals surface area (Å²) in [6.07, 6.45) is 3.10. The first-order valence-electron chi connectivity index (χ1n) is 11.7. The van der Waals surface area contributed by atoms with Crippen LogP contribution in [-0.2, 0) is 0 Å². The number of hydrogen-bond acceptors (Lipinski definition) is 6. The minimum absolute atomic E-state index is 0.0285. The molecule has 2 aromatic heterocycles. The molecule has 34 heavy (non-hydrogen) atoms. The molecule has 1 saturated carbocycles. The lowest BCUT2D eigenvalue weighted by atomic mass is 10.0. The molecule has 0 amide bonds. The molecule has 3 heterocycles. The molecule has 7 nitrogen and oxygen atoms in total. The third kappa shape index (κ3) is 4.20. The Bertz CT molecular complexity index is 1180. The highest BCUT2D eigenvalue weighted by Crippen LogP contribution is 2.42. The Morgan fingerprint density at radius 3 is 2.35 bits per heavy atom. The Morgan fingerprint density at radius 2 is 1.74 bits per heavy atom. The zero-order valence-corrected chi connectivity index (χ0v) is 20.5. The number of likely N-dealkylation sites (tertiary alicyclic amines) is 1. The second kappa shape index (κ2) is 8.92. The predicted octanol–water partition coefficient (Wildman–Crippen LogP) is 4.90. The summed E-state index contributed by atoms with van der Waals surface area (Å²) in [6.45, 7) is 8.16. The number of nitrogens with zero attached hydrogens (tertiary/aromatic N) is 5. The molecule has 1 N–H and O–H groups in total. The zero-order chi connectivity index (χ0) is 24.1. The van der Waals surface area contributed by atoms with E-state index in [0.29, 0.717) is 17.7 Å². The van der Waals surface area contributed by atoms with Gasteiger partial charge in [-0.25, -0.2) is 8.78 Å². The third-order valence-corrected chi connectivity index (χ3v) is 7.48. The Morgan fingerprint density at radius 1 is 1.09 bits per heavy atom. The van der Waals surface area contributed by atoms with Gasteiger partial charge in [0, 0.05) is 31.3 Å². The van der Waals surface area contributed by atoms with Crippen LogP contribution in [0.1, 0.15) is 33.6 Å². The first-order chi connectivity index (χ1) is 16.2. The quantitative estimate of drug-likeness (QED) is 0.496. The number of halogens is 3. The SMILES string of the molecule is CC(C)[C@@H](C)Nc1c(-c2c(F)cc(OC3C[C@@H]4CN(C)C[C@@H]4C3)cc2F)c(Cl)nc2ncnn12. The van der Waals surface area contributed by atoms with Gasteiger partial charge in [-0.3, -0.25) is 0 Å². The highest BCUT2D eigenvalue weighted by atomic mass is 35.5. The Balaban J connectivity index is 1.49. The van der Waals surface area contributed by atoms with Crippen molar-refractivity contribution < 1.29 is 13.5 Å². The van der Waals surface area contributed by atoms with Gasteiger partial charge in [0.1, 0.15) is 34.7 Å². The van der Waals surface area contributed by atoms with Gasteiger partial charge in [0.25, 0.3) is 5.78 Å². The van der Waals surface area contributed by atoms with Crippen LogP contribution in [0.3, 0.4) is 0 Å². The van der Waals surface area contributed by atoms with Crippen molar-refractivity contribution in [1.82, 2.24) is 24.5 Å². The van der Waals surface area contributed by atoms with E-state index in [2.05, 4.69) is 32.3 Å². The fraction of sp³-hybridized carbons (Fsp3) is 0.542. The summed E-state index contributed by atoms with van der Waals surface area (Å²) in [6, 6.07) is 2.44. The van der Waals surface area contributed by atoms with E-state index < -0.39 is 11.6 Å². The number of aromatic nitrogens is 4. The average molecular weight is 491 g/mol. The first-order valence-corrected chi connectivity index (χ1v) is 12.1. The van der Waals surface area contributed by atoms with Gasteiger partial charge in [-0.1, -0.05) is 25.4 Å². The predicted molar refractivity (Wildman–Crippen MR) is 127 cm³/mol. The largest absolute Gasteiger partial charge is 0.490 e. The number of ether oxygens (including phenoxy) is 1. The summed E-state index contributed by atoms with van der Waals surface area (Å²) in [7, 11) is 2.12. The molecule has 3 aromatic rings. The van der Waals surface area contributed by atoms with Gasteiger partial charge in [0.05, 0.1) is 17.2 Å². The van der Waals surface area contributed by atoms with E-state index >= 15 is 8.78 Å². The van der Waals surface area contributed by atoms with E-state index in [-0.39, 0.29) is 45.9 Å². The maximum atomic E-state index is 15.4. The number of benzene rings is 1. The van der Waals surface area contributed by atoms with Crippen LogP contribution in [0.25, 0.3) is 16.9 Å². The molecular weight excluding hydrogens is 462 g/mol. The summed E-state index contributed by atoms with van der Waals surface area (Å²) in [5, 5.41) is 7.43. The average Bonchev–Trinajstić information content (AvgIpc) is 3.43. The standard InChI is InChI=1S/C24H29ClF2N6O/c1-12(2)13(3)30-23-21(22(25)31-24-28-11-29-33(23)24)20-18(26)7-17(8-19(20)27)34-16-5-14-9-32(4)10-15(14)6-16/h7-8,11-16,30H,5-6,9-10H2,1-4H3/t13-,14-,15+,16?/m1/s1. The van der Waals surface area contributed by atoms with Crippen molar-refractivity contribution in [1.29, 1.82) is 0 Å². The topological polar surface area (TPSA) is 67.6 Å². The summed E-state index contributed by atoms with van der Waals surface area (Å²) in [5.74, 6) is 0.647. The van der Waals surface area contributed by atoms with E-state index in [1.807, 2.05) is 20.8 Å². The van der Waals surface area contributed by atoms with Gasteiger partial charge < -0.3 is 15.0 Å². The molecule has 5 rings (SSSR count). The molecule has 1 unspecified atom stereocenters. The molecule has 1 aliphatic carbocycles. The van der Waals surface area contributed by atoms with E-state index in [4.69, 9.17) is 16.3 Å². The van der Waals surface area contributed by atoms with Crippen LogP contribution >= 0.6 is 11.6 Å². The first kappa shape index (κ1) is 23.2. The highest BCUT2D eigenvalue weighted by Gasteiger charge is 2.40. The van der Waals surface area contributed by atoms with E-state index in [1.54, 1.807) is 0 Å². The van der Waals surface area contributed by atoms with Gasteiger partial charge in [-0.05, 0) is 44.6 Å². The summed E-state index contributed by atoms with van der Waals surface area (Å²) >= 11 is 6.45. The number of rotatable bonds is 6. The smallest absolute Gasteiger partial charge is 0.255 e. The molecule has 2 aliphatic rings. The number of anilines is 1. The van der Waals surface area contributed by atoms with Crippen molar-refractivity contribution in [3.63, 3.8) is 0 Å². The van der Waals surface area contributed by atoms with Crippen LogP contribution < -0.4 is 10.1 Å². The van der Waals surface area contributed by atoms with Crippen LogP contribution in [0, 0.1) is 29.4 Å². The van der Waals surface area contributed by atoms with Gasteiger partial charge in [-0.2, -0.15) is 19.6 Å². The molecular formula is C24H29ClF2N6O. The molecule has 2 fully saturated rings. The fourth-order valence-electron chi connectivity index (χ4n) is 5.18. The van der Waals surface area contributed by atoms with Gasteiger partial charge in [0.15, 0.2) is 0 Å². The van der Waals surface area contributed by atoms with Crippen molar-refractivity contribution in [2.45, 2.75) is 45.8 Å². The number of nitrogens with one attached hydrogen (secondary N) is 1. The Kier molecular flexibility index (Phi) is 6.10. The zero-order valence-electron chi connectivity index (χ0n) is 19.7. The highest BCUT2D eigenvalue weighted by molar-refractivity contribution is 6.33. The molecule has 10 heteroatoms. The summed E-state index contributed by atoms with van der Waals surface area (Å²) in [4.78, 5) is 10.6. The summed E-state index contributed by atoms with van der Waals surface area (Å²) in [5.41, 5.74) is -0.169. The normalized spacial score (nSPS) is 23.6. The van der Waals surface area contributed by atoms with E-state index in [9.17, 15) is 0 Å². The lowest BCUT2D eigenvalue weighted by Gasteiger charge is -2.22. The molecule has 1 aromatic carbocycles. The molecule has 1 saturated heterocycles. The molecule has 0 radical (unpaired) electrons. The Labute approximate surface area is 202 Å². The summed E-state index contributed by atoms with van der Waals surface area (Å²) < 4.78 is 38.3. The molecule has 0 spiro atoms. The van der Waals surface area contributed by atoms with E-state index in [1.165, 1.54) is 23.0 Å². The van der Waals surface area contributed by atoms with Crippen molar-refractivity contribution in [2.24, 2.45) is 17.8 Å². The monoisotopic (exact) mass is 490 g/mol. The van der Waals surface area contributed by atoms with Crippen LogP contribution in [-0.4, -0.2) is 56.8 Å². The maximum absolute atomic E-state index is 15.4. The second-order valence-electron chi connectivity index (χ2n) is 9.99. The third-order valence-electron chi connectivity index (χ3n) is 7.21. The van der Waals surface area contributed by atoms with Crippen molar-refractivity contribution in [3.05, 3.63) is 35.2 Å². The Hall–Kier alpha value is -2.52. The van der Waals surface area contributed by atoms with Crippen LogP contribution in [0.15, 0.2) is 18.5 Å². The van der Waals surface area contributed by atoms with Crippen molar-refractivity contribution in [2.75, 3.05) is 25.5 Å². The van der Waals surface area contributed by atoms with Crippen LogP contribution in [0.2, 0.25) is 5.15 Å². The van der Waals surface area contributed by atoms with Crippen LogP contribution in [0.4, 0.5) is 14.6 Å². The van der Waals surface area contributed by atoms with Crippen molar-refractivity contribution >= 4 is 23.2 Å². The van der Waals surface area contributed by atoms with Crippen molar-refractivity contribution in [3.8, 4) is 16.9 Å². The lowest BCUT2D eigenvalue weighted by Crippen LogP contribution is -2.24. The minimum atomic E-state index is -0.767. The maximum Gasteiger partial charge on any atom is 0.255 e. The minimum Gasteiger partial charge on any atom is -0.490 e.